The molecule has 2 bridgehead atoms. The molecule has 18 nitrogen and oxygen atoms in total. The summed E-state index contributed by atoms with van der Waals surface area (Å²) >= 11 is 0. The SMILES string of the molecule is CO[C@@H]1C[C@H](C[C@@H](C)[C@@H]2CC(=O)[C@H](C)/C=C(\C)[C@@H](O)[C@@H](OC)C(=O)[C@H](C)C[C@H](C)/C=C/C=C/C=C(\C)C(OCCc3ccccc3)C[C@@H]3CC[C@@H](C)[C@@](O)(O3)C(=O)C(=O)N3CCCCC3C(=O)O2)CC[C@H]1OC(=O)NCCN1CCN(C)CC1. The van der Waals surface area contributed by atoms with Crippen LogP contribution < -0.4 is 5.32 Å². The number of cyclic esters (lactones) is 1. The van der Waals surface area contributed by atoms with Crippen LogP contribution in [0.3, 0.4) is 0 Å². The van der Waals surface area contributed by atoms with Crippen molar-refractivity contribution in [1.29, 1.82) is 0 Å². The molecule has 0 spiro atoms. The van der Waals surface area contributed by atoms with Crippen molar-refractivity contribution in [3.63, 3.8) is 0 Å². The highest BCUT2D eigenvalue weighted by Gasteiger charge is 2.53. The van der Waals surface area contributed by atoms with Crippen LogP contribution in [0.25, 0.3) is 0 Å². The minimum absolute atomic E-state index is 0.0110. The second kappa shape index (κ2) is 33.3. The molecule has 4 aliphatic heterocycles. The molecule has 5 aliphatic rings. The first-order valence-corrected chi connectivity index (χ1v) is 31.1. The molecule has 4 heterocycles. The number of hydrogen-bond acceptors (Lipinski definition) is 16. The summed E-state index contributed by atoms with van der Waals surface area (Å²) in [7, 11) is 5.08. The predicted molar refractivity (Wildman–Crippen MR) is 320 cm³/mol. The van der Waals surface area contributed by atoms with E-state index in [4.69, 9.17) is 28.4 Å². The molecule has 0 radical (unpaired) electrons. The molecule has 4 fully saturated rings. The van der Waals surface area contributed by atoms with Gasteiger partial charge in [-0.1, -0.05) is 101 Å². The van der Waals surface area contributed by atoms with Crippen molar-refractivity contribution in [2.45, 2.75) is 186 Å². The third kappa shape index (κ3) is 19.5. The van der Waals surface area contributed by atoms with Gasteiger partial charge in [-0.2, -0.15) is 0 Å². The molecule has 18 heteroatoms. The highest BCUT2D eigenvalue weighted by molar-refractivity contribution is 6.39. The first kappa shape index (κ1) is 68.2. The number of amides is 2. The van der Waals surface area contributed by atoms with Gasteiger partial charge in [-0.15, -0.1) is 0 Å². The summed E-state index contributed by atoms with van der Waals surface area (Å²) in [6.45, 7) is 18.2. The molecule has 1 aromatic rings. The fourth-order valence-electron chi connectivity index (χ4n) is 12.7. The zero-order valence-corrected chi connectivity index (χ0v) is 51.9. The minimum atomic E-state index is -2.48. The average Bonchev–Trinajstić information content (AvgIpc) is 1.93. The maximum absolute atomic E-state index is 14.8. The second-order valence-electron chi connectivity index (χ2n) is 24.9. The summed E-state index contributed by atoms with van der Waals surface area (Å²) in [5.74, 6) is -8.37. The van der Waals surface area contributed by atoms with E-state index in [9.17, 15) is 39.0 Å². The van der Waals surface area contributed by atoms with E-state index >= 15 is 0 Å². The topological polar surface area (TPSA) is 220 Å². The number of esters is 1. The van der Waals surface area contributed by atoms with Crippen LogP contribution in [0.4, 0.5) is 4.79 Å². The number of nitrogens with zero attached hydrogens (tertiary/aromatic N) is 3. The van der Waals surface area contributed by atoms with E-state index in [1.165, 1.54) is 12.0 Å². The molecule has 0 aromatic heterocycles. The third-order valence-corrected chi connectivity index (χ3v) is 18.3. The van der Waals surface area contributed by atoms with E-state index in [0.29, 0.717) is 82.9 Å². The number of rotatable bonds is 13. The number of benzene rings is 1. The van der Waals surface area contributed by atoms with Crippen molar-refractivity contribution in [2.24, 2.45) is 35.5 Å². The Hall–Kier alpha value is -4.92. The summed E-state index contributed by atoms with van der Waals surface area (Å²) in [6, 6.07) is 8.80. The summed E-state index contributed by atoms with van der Waals surface area (Å²) in [5.41, 5.74) is 2.37. The van der Waals surface area contributed by atoms with Crippen LogP contribution in [0, 0.1) is 35.5 Å². The molecule has 1 saturated carbocycles. The van der Waals surface area contributed by atoms with Gasteiger partial charge in [-0.3, -0.25) is 24.1 Å². The molecule has 6 rings (SSSR count). The van der Waals surface area contributed by atoms with Crippen LogP contribution in [-0.4, -0.2) is 188 Å². The van der Waals surface area contributed by atoms with Crippen molar-refractivity contribution in [1.82, 2.24) is 20.0 Å². The number of piperazine rings is 1. The summed E-state index contributed by atoms with van der Waals surface area (Å²) in [5, 5.41) is 26.8. The van der Waals surface area contributed by atoms with Crippen LogP contribution in [-0.2, 0) is 58.8 Å². The quantitative estimate of drug-likeness (QED) is 0.0976. The van der Waals surface area contributed by atoms with Crippen LogP contribution in [0.2, 0.25) is 0 Å². The van der Waals surface area contributed by atoms with Crippen LogP contribution >= 0.6 is 0 Å². The number of piperidine rings is 1. The Labute approximate surface area is 500 Å². The standard InChI is InChI=1S/C66H100N4O14/c1-43-19-13-11-14-20-44(2)56(81-36-28-50-21-15-12-16-22-50)41-52-26-24-49(7)66(78,84-52)62(74)63(75)70-30-18-17-23-53(70)64(76)82-57(42-54(71)45(3)38-48(6)60(73)61(80-10)59(72)47(5)37-43)46(4)39-51-25-27-55(58(40-51)79-9)83-65(77)67-29-31-69-34-32-68(8)33-35-69/h11-16,19-22,38,43,45-47,49,51-53,55-58,60-61,73,78H,17-18,23-37,39-42H2,1-10H3,(H,67,77)/b14-11+,19-13+,44-20+,48-38+/t43-,45-,46-,47-,49-,51+,52+,53?,55-,56?,57+,58-,60-,61+,66-/m1/s1. The lowest BCUT2D eigenvalue weighted by atomic mass is 9.78. The van der Waals surface area contributed by atoms with Gasteiger partial charge in [-0.25, -0.2) is 9.59 Å². The highest BCUT2D eigenvalue weighted by atomic mass is 16.6. The Morgan fingerprint density at radius 3 is 2.30 bits per heavy atom. The number of aliphatic hydroxyl groups is 2. The van der Waals surface area contributed by atoms with Gasteiger partial charge in [0.05, 0.1) is 24.9 Å². The van der Waals surface area contributed by atoms with Gasteiger partial charge >= 0.3 is 12.1 Å². The number of alkyl carbamates (subject to hydrolysis) is 1. The number of ketones is 3. The number of fused-ring (bicyclic) bond motifs is 3. The van der Waals surface area contributed by atoms with Crippen molar-refractivity contribution in [3.8, 4) is 0 Å². The van der Waals surface area contributed by atoms with Crippen LogP contribution in [0.15, 0.2) is 77.9 Å². The summed E-state index contributed by atoms with van der Waals surface area (Å²) in [4.78, 5) is 91.2. The number of hydrogen-bond donors (Lipinski definition) is 3. The highest BCUT2D eigenvalue weighted by Crippen LogP contribution is 2.38. The number of likely N-dealkylation sites (N-methyl/N-ethyl adjacent to an activating group) is 1. The Morgan fingerprint density at radius 2 is 1.58 bits per heavy atom. The lowest BCUT2D eigenvalue weighted by molar-refractivity contribution is -0.266. The molecule has 2 unspecified atom stereocenters. The molecule has 1 aromatic carbocycles. The number of ether oxygens (including phenoxy) is 6. The summed E-state index contributed by atoms with van der Waals surface area (Å²) in [6.07, 6.45) is 10.9. The van der Waals surface area contributed by atoms with Gasteiger partial charge in [0.1, 0.15) is 36.2 Å². The smallest absolute Gasteiger partial charge is 0.407 e. The van der Waals surface area contributed by atoms with Gasteiger partial charge in [0.25, 0.3) is 11.7 Å². The van der Waals surface area contributed by atoms with Crippen molar-refractivity contribution >= 4 is 35.3 Å². The maximum atomic E-state index is 14.8. The van der Waals surface area contributed by atoms with E-state index in [1.54, 1.807) is 34.0 Å². The lowest BCUT2D eigenvalue weighted by Crippen LogP contribution is -2.61. The molecular weight excluding hydrogens is 1070 g/mol. The first-order valence-electron chi connectivity index (χ1n) is 31.1. The third-order valence-electron chi connectivity index (χ3n) is 18.3. The van der Waals surface area contributed by atoms with Gasteiger partial charge < -0.3 is 53.8 Å². The Kier molecular flexibility index (Phi) is 27.0. The summed E-state index contributed by atoms with van der Waals surface area (Å²) < 4.78 is 36.8. The van der Waals surface area contributed by atoms with Gasteiger partial charge in [-0.05, 0) is 126 Å². The number of nitrogens with one attached hydrogen (secondary N) is 1. The monoisotopic (exact) mass is 1170 g/mol. The molecule has 15 atom stereocenters. The average molecular weight is 1170 g/mol. The fourth-order valence-corrected chi connectivity index (χ4v) is 12.7. The molecule has 84 heavy (non-hydrogen) atoms. The maximum Gasteiger partial charge on any atom is 0.407 e. The molecule has 468 valence electrons. The predicted octanol–water partition coefficient (Wildman–Crippen LogP) is 7.77. The molecule has 3 saturated heterocycles. The first-order chi connectivity index (χ1) is 40.1. The fraction of sp³-hybridized carbons (Fsp3) is 0.697. The normalized spacial score (nSPS) is 35.4. The Bertz CT molecular complexity index is 2440. The molecule has 3 N–H and O–H groups in total. The molecule has 1 aliphatic carbocycles. The minimum Gasteiger partial charge on any atom is -0.460 e. The van der Waals surface area contributed by atoms with Crippen LogP contribution in [0.1, 0.15) is 131 Å². The van der Waals surface area contributed by atoms with E-state index in [0.717, 1.165) is 43.9 Å². The van der Waals surface area contributed by atoms with Crippen LogP contribution in [0.5, 0.6) is 0 Å². The number of aliphatic hydroxyl groups excluding tert-OH is 1. The van der Waals surface area contributed by atoms with Crippen molar-refractivity contribution in [3.05, 3.63) is 83.5 Å². The Balaban J connectivity index is 1.24. The molecule has 2 amide bonds. The Morgan fingerprint density at radius 1 is 0.845 bits per heavy atom. The van der Waals surface area contributed by atoms with Gasteiger partial charge in [0, 0.05) is 90.6 Å². The number of methoxy groups -OCH3 is 2. The van der Waals surface area contributed by atoms with E-state index in [1.807, 2.05) is 88.4 Å². The van der Waals surface area contributed by atoms with Gasteiger partial charge in [0.15, 0.2) is 5.78 Å². The number of allylic oxidation sites excluding steroid dienone is 6. The van der Waals surface area contributed by atoms with Crippen molar-refractivity contribution < 1.29 is 67.4 Å². The lowest BCUT2D eigenvalue weighted by Gasteiger charge is -2.43. The zero-order chi connectivity index (χ0) is 61.1. The van der Waals surface area contributed by atoms with Gasteiger partial charge in [0.2, 0.25) is 5.79 Å². The van der Waals surface area contributed by atoms with Crippen molar-refractivity contribution in [2.75, 3.05) is 73.7 Å². The van der Waals surface area contributed by atoms with E-state index in [-0.39, 0.29) is 49.2 Å². The van der Waals surface area contributed by atoms with E-state index < -0.39 is 102 Å². The number of carbonyl (C=O) groups excluding carboxylic acids is 6. The molecular formula is C66H100N4O14. The van der Waals surface area contributed by atoms with E-state index in [2.05, 4.69) is 22.2 Å². The largest absolute Gasteiger partial charge is 0.460 e. The number of carbonyl (C=O) groups is 6. The second-order valence-corrected chi connectivity index (χ2v) is 24.9. The zero-order valence-electron chi connectivity index (χ0n) is 51.9. The number of Topliss-reactive ketones (excluding diaryl/α,β-unsaturated/α-hetero) is 3.